The molecule has 0 spiro atoms. The lowest BCUT2D eigenvalue weighted by molar-refractivity contribution is -0.163. The summed E-state index contributed by atoms with van der Waals surface area (Å²) in [7, 11) is -2.78. The van der Waals surface area contributed by atoms with Crippen molar-refractivity contribution in [1.29, 1.82) is 0 Å². The molecule has 1 N–H and O–H groups in total. The maximum absolute atomic E-state index is 13.8. The number of alkyl halides is 1. The Bertz CT molecular complexity index is 638. The topological polar surface area (TPSA) is 38.7 Å². The van der Waals surface area contributed by atoms with Crippen LogP contribution in [0.2, 0.25) is 5.04 Å². The lowest BCUT2D eigenvalue weighted by atomic mass is 10.2. The third-order valence-corrected chi connectivity index (χ3v) is 9.76. The van der Waals surface area contributed by atoms with Gasteiger partial charge in [-0.15, -0.1) is 0 Å². The van der Waals surface area contributed by atoms with Crippen LogP contribution in [0.4, 0.5) is 4.39 Å². The summed E-state index contributed by atoms with van der Waals surface area (Å²) in [4.78, 5) is 0. The standard InChI is InChI=1S/C20H25FO3Si/c1-20(2,3)25(15-10-6-4-7-11-15,16-12-8-5-9-13-16)24-18-14-17(21)19(22)23-18/h4-13,17-19,22H,14H2,1-3H3/t17-,18+,19-/m1/s1. The molecule has 1 heterocycles. The van der Waals surface area contributed by atoms with E-state index in [1.165, 1.54) is 0 Å². The molecule has 2 aromatic carbocycles. The first-order valence-corrected chi connectivity index (χ1v) is 10.5. The van der Waals surface area contributed by atoms with Gasteiger partial charge in [0.2, 0.25) is 0 Å². The van der Waals surface area contributed by atoms with Crippen molar-refractivity contribution in [3.8, 4) is 0 Å². The summed E-state index contributed by atoms with van der Waals surface area (Å²) in [6.07, 6.45) is -3.53. The lowest BCUT2D eigenvalue weighted by Gasteiger charge is -2.44. The van der Waals surface area contributed by atoms with Gasteiger partial charge in [0.05, 0.1) is 0 Å². The molecule has 0 unspecified atom stereocenters. The molecule has 0 aliphatic carbocycles. The van der Waals surface area contributed by atoms with Gasteiger partial charge in [-0.3, -0.25) is 0 Å². The van der Waals surface area contributed by atoms with Gasteiger partial charge >= 0.3 is 0 Å². The number of aliphatic hydroxyl groups is 1. The maximum Gasteiger partial charge on any atom is 0.264 e. The molecule has 0 bridgehead atoms. The molecule has 25 heavy (non-hydrogen) atoms. The monoisotopic (exact) mass is 360 g/mol. The number of hydrogen-bond donors (Lipinski definition) is 1. The van der Waals surface area contributed by atoms with Crippen molar-refractivity contribution in [2.75, 3.05) is 0 Å². The van der Waals surface area contributed by atoms with E-state index in [0.717, 1.165) is 10.4 Å². The number of halogens is 1. The van der Waals surface area contributed by atoms with Gasteiger partial charge in [0, 0.05) is 6.42 Å². The van der Waals surface area contributed by atoms with Crippen LogP contribution in [0.15, 0.2) is 60.7 Å². The van der Waals surface area contributed by atoms with Gasteiger partial charge in [-0.2, -0.15) is 0 Å². The van der Waals surface area contributed by atoms with Crippen molar-refractivity contribution in [3.05, 3.63) is 60.7 Å². The molecule has 1 aliphatic heterocycles. The summed E-state index contributed by atoms with van der Waals surface area (Å²) in [6, 6.07) is 20.2. The van der Waals surface area contributed by atoms with E-state index in [-0.39, 0.29) is 11.5 Å². The van der Waals surface area contributed by atoms with E-state index >= 15 is 0 Å². The molecule has 0 radical (unpaired) electrons. The van der Waals surface area contributed by atoms with Crippen LogP contribution < -0.4 is 10.4 Å². The van der Waals surface area contributed by atoms with Crippen molar-refractivity contribution in [1.82, 2.24) is 0 Å². The van der Waals surface area contributed by atoms with Crippen molar-refractivity contribution >= 4 is 18.7 Å². The smallest absolute Gasteiger partial charge is 0.264 e. The van der Waals surface area contributed by atoms with Crippen LogP contribution in [-0.2, 0) is 9.16 Å². The minimum Gasteiger partial charge on any atom is -0.382 e. The van der Waals surface area contributed by atoms with Crippen LogP contribution in [0.25, 0.3) is 0 Å². The predicted octanol–water partition coefficient (Wildman–Crippen LogP) is 2.97. The first kappa shape index (κ1) is 18.3. The highest BCUT2D eigenvalue weighted by molar-refractivity contribution is 6.99. The van der Waals surface area contributed by atoms with E-state index < -0.39 is 27.1 Å². The second-order valence-corrected chi connectivity index (χ2v) is 11.7. The molecular weight excluding hydrogens is 335 g/mol. The Balaban J connectivity index is 2.12. The molecule has 0 amide bonds. The van der Waals surface area contributed by atoms with Gasteiger partial charge < -0.3 is 14.3 Å². The minimum atomic E-state index is -2.78. The maximum atomic E-state index is 13.8. The first-order valence-electron chi connectivity index (χ1n) is 8.61. The summed E-state index contributed by atoms with van der Waals surface area (Å²) in [5, 5.41) is 11.6. The molecule has 0 saturated carbocycles. The lowest BCUT2D eigenvalue weighted by Crippen LogP contribution is -2.67. The molecule has 134 valence electrons. The molecule has 5 heteroatoms. The van der Waals surface area contributed by atoms with Gasteiger partial charge in [-0.05, 0) is 15.4 Å². The fraction of sp³-hybridized carbons (Fsp3) is 0.400. The molecule has 2 aromatic rings. The van der Waals surface area contributed by atoms with Crippen LogP contribution in [-0.4, -0.2) is 32.2 Å². The molecule has 3 rings (SSSR count). The van der Waals surface area contributed by atoms with E-state index in [1.807, 2.05) is 36.4 Å². The highest BCUT2D eigenvalue weighted by Crippen LogP contribution is 2.39. The summed E-state index contributed by atoms with van der Waals surface area (Å²) in [5.41, 5.74) is 0. The zero-order valence-corrected chi connectivity index (χ0v) is 15.9. The van der Waals surface area contributed by atoms with Crippen LogP contribution in [0, 0.1) is 0 Å². The van der Waals surface area contributed by atoms with Gasteiger partial charge in [-0.25, -0.2) is 4.39 Å². The van der Waals surface area contributed by atoms with Gasteiger partial charge in [-0.1, -0.05) is 81.4 Å². The van der Waals surface area contributed by atoms with Crippen LogP contribution in [0.5, 0.6) is 0 Å². The highest BCUT2D eigenvalue weighted by Gasteiger charge is 2.53. The third-order valence-electron chi connectivity index (χ3n) is 4.74. The van der Waals surface area contributed by atoms with E-state index in [1.54, 1.807) is 0 Å². The number of benzene rings is 2. The molecule has 3 nitrogen and oxygen atoms in total. The van der Waals surface area contributed by atoms with Gasteiger partial charge in [0.25, 0.3) is 8.32 Å². The van der Waals surface area contributed by atoms with Crippen LogP contribution >= 0.6 is 0 Å². The van der Waals surface area contributed by atoms with E-state index in [0.29, 0.717) is 0 Å². The Morgan fingerprint density at radius 2 is 1.48 bits per heavy atom. The van der Waals surface area contributed by atoms with Crippen molar-refractivity contribution in [2.24, 2.45) is 0 Å². The highest BCUT2D eigenvalue weighted by atomic mass is 28.4. The average Bonchev–Trinajstić information content (AvgIpc) is 2.91. The van der Waals surface area contributed by atoms with Crippen LogP contribution in [0.3, 0.4) is 0 Å². The Labute approximate surface area is 149 Å². The fourth-order valence-corrected chi connectivity index (χ4v) is 8.12. The Morgan fingerprint density at radius 3 is 1.84 bits per heavy atom. The summed E-state index contributed by atoms with van der Waals surface area (Å²) in [5.74, 6) is 0. The predicted molar refractivity (Wildman–Crippen MR) is 99.1 cm³/mol. The molecule has 1 aliphatic rings. The Morgan fingerprint density at radius 1 is 1.00 bits per heavy atom. The van der Waals surface area contributed by atoms with Crippen LogP contribution in [0.1, 0.15) is 27.2 Å². The van der Waals surface area contributed by atoms with Crippen molar-refractivity contribution < 1.29 is 18.7 Å². The zero-order chi connectivity index (χ0) is 18.1. The van der Waals surface area contributed by atoms with E-state index in [4.69, 9.17) is 9.16 Å². The molecule has 0 aromatic heterocycles. The van der Waals surface area contributed by atoms with Crippen molar-refractivity contribution in [3.63, 3.8) is 0 Å². The second kappa shape index (κ2) is 7.00. The zero-order valence-electron chi connectivity index (χ0n) is 14.9. The molecule has 1 fully saturated rings. The molecular formula is C20H25FO3Si. The number of ether oxygens (including phenoxy) is 1. The Kier molecular flexibility index (Phi) is 5.11. The van der Waals surface area contributed by atoms with E-state index in [2.05, 4.69) is 45.0 Å². The third kappa shape index (κ3) is 3.42. The molecule has 3 atom stereocenters. The minimum absolute atomic E-state index is 0.0473. The summed E-state index contributed by atoms with van der Waals surface area (Å²) < 4.78 is 25.8. The number of hydrogen-bond acceptors (Lipinski definition) is 3. The Hall–Kier alpha value is -1.53. The fourth-order valence-electron chi connectivity index (χ4n) is 3.56. The molecule has 1 saturated heterocycles. The SMILES string of the molecule is CC(C)(C)[Si](O[C@H]1C[C@@H](F)[C@H](O)O1)(c1ccccc1)c1ccccc1. The first-order chi connectivity index (χ1) is 11.8. The summed E-state index contributed by atoms with van der Waals surface area (Å²) >= 11 is 0. The number of rotatable bonds is 4. The quantitative estimate of drug-likeness (QED) is 0.852. The number of aliphatic hydroxyl groups excluding tert-OH is 1. The summed E-state index contributed by atoms with van der Waals surface area (Å²) in [6.45, 7) is 6.45. The average molecular weight is 361 g/mol. The van der Waals surface area contributed by atoms with E-state index in [9.17, 15) is 9.50 Å². The largest absolute Gasteiger partial charge is 0.382 e. The van der Waals surface area contributed by atoms with Crippen molar-refractivity contribution in [2.45, 2.75) is 51.0 Å². The second-order valence-electron chi connectivity index (χ2n) is 7.49. The van der Waals surface area contributed by atoms with Gasteiger partial charge in [0.15, 0.2) is 18.8 Å². The van der Waals surface area contributed by atoms with Gasteiger partial charge in [0.1, 0.15) is 0 Å². The normalized spacial score (nSPS) is 24.4.